The first-order chi connectivity index (χ1) is 15.2. The molecule has 2 amide bonds. The number of likely N-dealkylation sites (tertiary alicyclic amines) is 1. The summed E-state index contributed by atoms with van der Waals surface area (Å²) in [5.41, 5.74) is 0.599. The summed E-state index contributed by atoms with van der Waals surface area (Å²) in [6.07, 6.45) is 5.34. The van der Waals surface area contributed by atoms with E-state index < -0.39 is 23.7 Å². The second-order valence-electron chi connectivity index (χ2n) is 10.5. The molecule has 1 aromatic rings. The quantitative estimate of drug-likeness (QED) is 0.589. The van der Waals surface area contributed by atoms with E-state index in [0.717, 1.165) is 36.6 Å². The molecule has 5 rings (SSSR count). The Morgan fingerprint density at radius 2 is 1.84 bits per heavy atom. The molecule has 0 bridgehead atoms. The SMILES string of the molecule is CC(C)[C@H]1C[C@@H]2C(=O)N(C3CCCCC3)C(=O)[C@@H]2[C@@H]2C[C@@H](c3cc(Br)ccc3O)O[C@]12O. The van der Waals surface area contributed by atoms with Gasteiger partial charge in [0.25, 0.3) is 0 Å². The van der Waals surface area contributed by atoms with Crippen LogP contribution in [-0.4, -0.2) is 38.8 Å². The van der Waals surface area contributed by atoms with Crippen molar-refractivity contribution in [2.45, 2.75) is 76.7 Å². The number of halogens is 1. The molecule has 2 N–H and O–H groups in total. The van der Waals surface area contributed by atoms with Crippen molar-refractivity contribution in [3.63, 3.8) is 0 Å². The zero-order valence-corrected chi connectivity index (χ0v) is 20.3. The minimum absolute atomic E-state index is 0.00724. The molecule has 4 aliphatic rings. The van der Waals surface area contributed by atoms with Gasteiger partial charge in [0.1, 0.15) is 5.75 Å². The van der Waals surface area contributed by atoms with Crippen molar-refractivity contribution in [3.8, 4) is 5.75 Å². The number of ether oxygens (including phenoxy) is 1. The number of rotatable bonds is 3. The lowest BCUT2D eigenvalue weighted by atomic mass is 9.62. The molecule has 7 heteroatoms. The van der Waals surface area contributed by atoms with Gasteiger partial charge in [-0.15, -0.1) is 0 Å². The molecule has 2 heterocycles. The van der Waals surface area contributed by atoms with Crippen molar-refractivity contribution in [1.82, 2.24) is 4.90 Å². The third-order valence-electron chi connectivity index (χ3n) is 8.39. The van der Waals surface area contributed by atoms with Crippen LogP contribution in [-0.2, 0) is 14.3 Å². The average Bonchev–Trinajstić information content (AvgIpc) is 3.23. The second kappa shape index (κ2) is 8.10. The fourth-order valence-electron chi connectivity index (χ4n) is 6.87. The van der Waals surface area contributed by atoms with Gasteiger partial charge in [-0.3, -0.25) is 14.5 Å². The van der Waals surface area contributed by atoms with Crippen molar-refractivity contribution in [2.24, 2.45) is 29.6 Å². The van der Waals surface area contributed by atoms with E-state index in [1.807, 2.05) is 13.8 Å². The molecule has 0 unspecified atom stereocenters. The lowest BCUT2D eigenvalue weighted by Crippen LogP contribution is -2.55. The number of phenolic OH excluding ortho intramolecular Hbond substituents is 1. The van der Waals surface area contributed by atoms with Crippen LogP contribution in [0.4, 0.5) is 0 Å². The molecule has 2 saturated carbocycles. The number of imide groups is 1. The van der Waals surface area contributed by atoms with Gasteiger partial charge in [0.15, 0.2) is 5.79 Å². The summed E-state index contributed by atoms with van der Waals surface area (Å²) in [5, 5.41) is 22.4. The molecule has 6 atom stereocenters. The third-order valence-corrected chi connectivity index (χ3v) is 8.89. The first-order valence-electron chi connectivity index (χ1n) is 12.0. The summed E-state index contributed by atoms with van der Waals surface area (Å²) in [4.78, 5) is 28.7. The second-order valence-corrected chi connectivity index (χ2v) is 11.4. The molecule has 4 fully saturated rings. The van der Waals surface area contributed by atoms with E-state index >= 15 is 0 Å². The summed E-state index contributed by atoms with van der Waals surface area (Å²) < 4.78 is 7.12. The molecule has 1 aromatic carbocycles. The van der Waals surface area contributed by atoms with Crippen LogP contribution in [0.25, 0.3) is 0 Å². The minimum atomic E-state index is -1.49. The smallest absolute Gasteiger partial charge is 0.233 e. The van der Waals surface area contributed by atoms with Crippen molar-refractivity contribution in [2.75, 3.05) is 0 Å². The van der Waals surface area contributed by atoms with Gasteiger partial charge in [0.2, 0.25) is 11.8 Å². The Hall–Kier alpha value is -1.44. The number of hydrogen-bond donors (Lipinski definition) is 2. The monoisotopic (exact) mass is 505 g/mol. The number of phenols is 1. The zero-order chi connectivity index (χ0) is 22.8. The number of carbonyl (C=O) groups excluding carboxylic acids is 2. The van der Waals surface area contributed by atoms with E-state index in [2.05, 4.69) is 15.9 Å². The van der Waals surface area contributed by atoms with Crippen molar-refractivity contribution in [1.29, 1.82) is 0 Å². The van der Waals surface area contributed by atoms with Gasteiger partial charge in [-0.05, 0) is 49.8 Å². The van der Waals surface area contributed by atoms with Crippen LogP contribution in [0.15, 0.2) is 22.7 Å². The van der Waals surface area contributed by atoms with E-state index in [-0.39, 0.29) is 41.4 Å². The Morgan fingerprint density at radius 3 is 2.53 bits per heavy atom. The van der Waals surface area contributed by atoms with Crippen LogP contribution in [0.1, 0.15) is 70.5 Å². The molecule has 0 spiro atoms. The van der Waals surface area contributed by atoms with Crippen molar-refractivity contribution >= 4 is 27.7 Å². The summed E-state index contributed by atoms with van der Waals surface area (Å²) in [6.45, 7) is 4.07. The molecule has 2 aliphatic carbocycles. The molecule has 0 aromatic heterocycles. The van der Waals surface area contributed by atoms with Gasteiger partial charge in [-0.1, -0.05) is 49.0 Å². The van der Waals surface area contributed by atoms with Crippen LogP contribution in [0.3, 0.4) is 0 Å². The van der Waals surface area contributed by atoms with Gasteiger partial charge in [-0.2, -0.15) is 0 Å². The van der Waals surface area contributed by atoms with E-state index in [9.17, 15) is 19.8 Å². The molecular formula is C25H32BrNO5. The first-order valence-corrected chi connectivity index (χ1v) is 12.8. The lowest BCUT2D eigenvalue weighted by molar-refractivity contribution is -0.276. The fourth-order valence-corrected chi connectivity index (χ4v) is 7.25. The highest BCUT2D eigenvalue weighted by Gasteiger charge is 2.67. The first kappa shape index (κ1) is 22.4. The Balaban J connectivity index is 1.52. The topological polar surface area (TPSA) is 87.1 Å². The molecule has 0 radical (unpaired) electrons. The summed E-state index contributed by atoms with van der Waals surface area (Å²) in [6, 6.07) is 5.15. The molecule has 6 nitrogen and oxygen atoms in total. The fraction of sp³-hybridized carbons (Fsp3) is 0.680. The van der Waals surface area contributed by atoms with Crippen molar-refractivity contribution < 1.29 is 24.5 Å². The minimum Gasteiger partial charge on any atom is -0.508 e. The number of amides is 2. The number of benzene rings is 1. The van der Waals surface area contributed by atoms with Gasteiger partial charge < -0.3 is 14.9 Å². The van der Waals surface area contributed by atoms with E-state index in [4.69, 9.17) is 4.74 Å². The Bertz CT molecular complexity index is 929. The number of aromatic hydroxyl groups is 1. The number of aliphatic hydroxyl groups is 1. The van der Waals surface area contributed by atoms with Gasteiger partial charge in [0.05, 0.1) is 17.9 Å². The summed E-state index contributed by atoms with van der Waals surface area (Å²) in [5.74, 6) is -3.13. The molecule has 2 aliphatic heterocycles. The molecule has 32 heavy (non-hydrogen) atoms. The molecule has 174 valence electrons. The highest BCUT2D eigenvalue weighted by atomic mass is 79.9. The number of hydrogen-bond acceptors (Lipinski definition) is 5. The van der Waals surface area contributed by atoms with Gasteiger partial charge in [0, 0.05) is 27.9 Å². The Labute approximate surface area is 197 Å². The average molecular weight is 506 g/mol. The number of fused-ring (bicyclic) bond motifs is 3. The van der Waals surface area contributed by atoms with Crippen LogP contribution in [0.2, 0.25) is 0 Å². The van der Waals surface area contributed by atoms with Crippen LogP contribution in [0.5, 0.6) is 5.75 Å². The van der Waals surface area contributed by atoms with E-state index in [1.54, 1.807) is 23.1 Å². The molecule has 2 saturated heterocycles. The predicted octanol–water partition coefficient (Wildman–Crippen LogP) is 4.53. The zero-order valence-electron chi connectivity index (χ0n) is 18.7. The van der Waals surface area contributed by atoms with Crippen LogP contribution in [0, 0.1) is 29.6 Å². The maximum absolute atomic E-state index is 13.7. The standard InChI is InChI=1S/C25H32BrNO5/c1-13(2)18-11-17-22(24(30)27(23(17)29)15-6-4-3-5-7-15)19-12-21(32-25(18,19)31)16-10-14(26)8-9-20(16)28/h8-10,13,15,17-19,21-22,28,31H,3-7,11-12H2,1-2H3/t17-,18+,19-,21-,22-,25+/m0/s1. The normalized spacial score (nSPS) is 37.8. The van der Waals surface area contributed by atoms with Crippen molar-refractivity contribution in [3.05, 3.63) is 28.2 Å². The lowest BCUT2D eigenvalue weighted by Gasteiger charge is -2.46. The summed E-state index contributed by atoms with van der Waals surface area (Å²) in [7, 11) is 0. The Morgan fingerprint density at radius 1 is 1.12 bits per heavy atom. The Kier molecular flexibility index (Phi) is 5.66. The number of carbonyl (C=O) groups is 2. The van der Waals surface area contributed by atoms with Gasteiger partial charge in [-0.25, -0.2) is 0 Å². The third kappa shape index (κ3) is 3.34. The maximum Gasteiger partial charge on any atom is 0.233 e. The number of nitrogens with zero attached hydrogens (tertiary/aromatic N) is 1. The maximum atomic E-state index is 13.7. The summed E-state index contributed by atoms with van der Waals surface area (Å²) >= 11 is 3.45. The predicted molar refractivity (Wildman–Crippen MR) is 121 cm³/mol. The largest absolute Gasteiger partial charge is 0.508 e. The molecular weight excluding hydrogens is 474 g/mol. The highest BCUT2D eigenvalue weighted by molar-refractivity contribution is 9.10. The van der Waals surface area contributed by atoms with Crippen LogP contribution < -0.4 is 0 Å². The highest BCUT2D eigenvalue weighted by Crippen LogP contribution is 2.60. The van der Waals surface area contributed by atoms with Crippen LogP contribution >= 0.6 is 15.9 Å². The van der Waals surface area contributed by atoms with E-state index in [1.165, 1.54) is 0 Å². The van der Waals surface area contributed by atoms with E-state index in [0.29, 0.717) is 18.4 Å². The van der Waals surface area contributed by atoms with Gasteiger partial charge >= 0.3 is 0 Å².